The van der Waals surface area contributed by atoms with Gasteiger partial charge >= 0.3 is 0 Å². The molecule has 0 spiro atoms. The number of hydrazine groups is 1. The van der Waals surface area contributed by atoms with Crippen LogP contribution in [0.15, 0.2) is 17.3 Å². The first-order chi connectivity index (χ1) is 9.51. The quantitative estimate of drug-likeness (QED) is 0.480. The number of nitrogens with one attached hydrogen (secondary N) is 2. The molecule has 1 aliphatic rings. The molecule has 0 aliphatic carbocycles. The maximum Gasteiger partial charge on any atom is 0.243 e. The van der Waals surface area contributed by atoms with Crippen LogP contribution in [0.25, 0.3) is 0 Å². The predicted octanol–water partition coefficient (Wildman–Crippen LogP) is -0.475. The topological polar surface area (TPSA) is 113 Å². The number of hydrogen-bond donors (Lipinski definition) is 3. The molecule has 1 aliphatic heterocycles. The standard InChI is InChI=1S/C11H20N6O2S/c1-9(8-17-4-2-3-5-17)16-20(18,19)10-6-13-11(15-12)14-7-10/h6-7,9,16H,2-5,8,12H2,1H3,(H,13,14,15). The summed E-state index contributed by atoms with van der Waals surface area (Å²) in [7, 11) is -3.60. The Labute approximate surface area is 118 Å². The van der Waals surface area contributed by atoms with Crippen molar-refractivity contribution in [1.82, 2.24) is 19.6 Å². The van der Waals surface area contributed by atoms with E-state index in [1.807, 2.05) is 6.92 Å². The Hall–Kier alpha value is -1.29. The van der Waals surface area contributed by atoms with Crippen LogP contribution in [-0.2, 0) is 10.0 Å². The van der Waals surface area contributed by atoms with Gasteiger partial charge in [-0.3, -0.25) is 5.43 Å². The highest BCUT2D eigenvalue weighted by Crippen LogP contribution is 2.10. The summed E-state index contributed by atoms with van der Waals surface area (Å²) in [4.78, 5) is 9.88. The van der Waals surface area contributed by atoms with Gasteiger partial charge in [-0.05, 0) is 32.9 Å². The Morgan fingerprint density at radius 3 is 2.50 bits per heavy atom. The van der Waals surface area contributed by atoms with Gasteiger partial charge in [-0.1, -0.05) is 0 Å². The zero-order valence-corrected chi connectivity index (χ0v) is 12.2. The minimum absolute atomic E-state index is 0.0322. The molecule has 20 heavy (non-hydrogen) atoms. The van der Waals surface area contributed by atoms with E-state index in [0.29, 0.717) is 6.54 Å². The molecule has 0 amide bonds. The van der Waals surface area contributed by atoms with E-state index in [1.165, 1.54) is 25.2 Å². The summed E-state index contributed by atoms with van der Waals surface area (Å²) in [5, 5.41) is 0. The van der Waals surface area contributed by atoms with Gasteiger partial charge in [0.25, 0.3) is 0 Å². The summed E-state index contributed by atoms with van der Waals surface area (Å²) in [6.07, 6.45) is 4.82. The van der Waals surface area contributed by atoms with Crippen LogP contribution in [0.5, 0.6) is 0 Å². The van der Waals surface area contributed by atoms with E-state index in [4.69, 9.17) is 5.84 Å². The SMILES string of the molecule is CC(CN1CCCC1)NS(=O)(=O)c1cnc(NN)nc1. The van der Waals surface area contributed by atoms with Crippen molar-refractivity contribution in [3.8, 4) is 0 Å². The average molecular weight is 300 g/mol. The third-order valence-corrected chi connectivity index (χ3v) is 4.70. The number of hydrogen-bond acceptors (Lipinski definition) is 7. The first kappa shape index (κ1) is 15.1. The van der Waals surface area contributed by atoms with E-state index < -0.39 is 10.0 Å². The first-order valence-corrected chi connectivity index (χ1v) is 8.03. The average Bonchev–Trinajstić information content (AvgIpc) is 2.91. The molecule has 4 N–H and O–H groups in total. The molecule has 1 aromatic rings. The largest absolute Gasteiger partial charge is 0.302 e. The van der Waals surface area contributed by atoms with Gasteiger partial charge in [0.2, 0.25) is 16.0 Å². The number of anilines is 1. The lowest BCUT2D eigenvalue weighted by Crippen LogP contribution is -2.41. The van der Waals surface area contributed by atoms with E-state index in [1.54, 1.807) is 0 Å². The van der Waals surface area contributed by atoms with E-state index in [-0.39, 0.29) is 16.9 Å². The van der Waals surface area contributed by atoms with E-state index in [9.17, 15) is 8.42 Å². The lowest BCUT2D eigenvalue weighted by Gasteiger charge is -2.20. The zero-order chi connectivity index (χ0) is 14.6. The van der Waals surface area contributed by atoms with Crippen molar-refractivity contribution in [2.45, 2.75) is 30.7 Å². The Morgan fingerprint density at radius 1 is 1.35 bits per heavy atom. The highest BCUT2D eigenvalue weighted by molar-refractivity contribution is 7.89. The van der Waals surface area contributed by atoms with Crippen molar-refractivity contribution < 1.29 is 8.42 Å². The van der Waals surface area contributed by atoms with Crippen molar-refractivity contribution in [2.75, 3.05) is 25.1 Å². The van der Waals surface area contributed by atoms with E-state index in [2.05, 4.69) is 25.0 Å². The number of nitrogens with two attached hydrogens (primary N) is 1. The maximum atomic E-state index is 12.2. The van der Waals surface area contributed by atoms with Crippen LogP contribution in [0.2, 0.25) is 0 Å². The summed E-state index contributed by atoms with van der Waals surface area (Å²) in [6.45, 7) is 4.63. The molecule has 1 fully saturated rings. The fourth-order valence-corrected chi connectivity index (χ4v) is 3.38. The van der Waals surface area contributed by atoms with Crippen LogP contribution in [-0.4, -0.2) is 49.0 Å². The van der Waals surface area contributed by atoms with Crippen molar-refractivity contribution in [2.24, 2.45) is 5.84 Å². The Bertz CT molecular complexity index is 526. The molecule has 1 atom stereocenters. The summed E-state index contributed by atoms with van der Waals surface area (Å²) in [5.74, 6) is 5.31. The molecule has 0 saturated carbocycles. The summed E-state index contributed by atoms with van der Waals surface area (Å²) in [6, 6.07) is -0.162. The fourth-order valence-electron chi connectivity index (χ4n) is 2.25. The zero-order valence-electron chi connectivity index (χ0n) is 11.4. The highest BCUT2D eigenvalue weighted by Gasteiger charge is 2.21. The smallest absolute Gasteiger partial charge is 0.243 e. The molecule has 1 aromatic heterocycles. The molecule has 8 nitrogen and oxygen atoms in total. The number of nitrogens with zero attached hydrogens (tertiary/aromatic N) is 3. The van der Waals surface area contributed by atoms with Crippen molar-refractivity contribution in [3.63, 3.8) is 0 Å². The van der Waals surface area contributed by atoms with Crippen LogP contribution < -0.4 is 16.0 Å². The molecule has 1 saturated heterocycles. The number of likely N-dealkylation sites (tertiary alicyclic amines) is 1. The Balaban J connectivity index is 1.98. The third-order valence-electron chi connectivity index (χ3n) is 3.15. The molecule has 112 valence electrons. The summed E-state index contributed by atoms with van der Waals surface area (Å²) < 4.78 is 26.9. The number of nitrogen functional groups attached to an aromatic ring is 1. The summed E-state index contributed by atoms with van der Waals surface area (Å²) in [5.41, 5.74) is 2.25. The van der Waals surface area contributed by atoms with Crippen molar-refractivity contribution in [3.05, 3.63) is 12.4 Å². The van der Waals surface area contributed by atoms with Gasteiger partial charge in [-0.25, -0.2) is 29.0 Å². The van der Waals surface area contributed by atoms with Gasteiger partial charge in [-0.15, -0.1) is 0 Å². The predicted molar refractivity (Wildman–Crippen MR) is 75.3 cm³/mol. The second-order valence-corrected chi connectivity index (χ2v) is 6.63. The minimum Gasteiger partial charge on any atom is -0.302 e. The van der Waals surface area contributed by atoms with Gasteiger partial charge in [0, 0.05) is 12.6 Å². The fraction of sp³-hybridized carbons (Fsp3) is 0.636. The van der Waals surface area contributed by atoms with Crippen molar-refractivity contribution >= 4 is 16.0 Å². The monoisotopic (exact) mass is 300 g/mol. The van der Waals surface area contributed by atoms with Gasteiger partial charge < -0.3 is 4.90 Å². The molecule has 2 rings (SSSR count). The second kappa shape index (κ2) is 6.44. The van der Waals surface area contributed by atoms with Gasteiger partial charge in [0.05, 0.1) is 12.4 Å². The second-order valence-electron chi connectivity index (χ2n) is 4.92. The van der Waals surface area contributed by atoms with Gasteiger partial charge in [0.15, 0.2) is 0 Å². The number of rotatable bonds is 6. The highest BCUT2D eigenvalue weighted by atomic mass is 32.2. The summed E-state index contributed by atoms with van der Waals surface area (Å²) >= 11 is 0. The first-order valence-electron chi connectivity index (χ1n) is 6.54. The molecular formula is C11H20N6O2S. The Morgan fingerprint density at radius 2 is 1.95 bits per heavy atom. The number of sulfonamides is 1. The van der Waals surface area contributed by atoms with Gasteiger partial charge in [0.1, 0.15) is 4.90 Å². The molecule has 0 aromatic carbocycles. The molecule has 0 radical (unpaired) electrons. The third kappa shape index (κ3) is 3.85. The van der Waals surface area contributed by atoms with Crippen molar-refractivity contribution in [1.29, 1.82) is 0 Å². The van der Waals surface area contributed by atoms with Crippen LogP contribution in [0.1, 0.15) is 19.8 Å². The van der Waals surface area contributed by atoms with E-state index in [0.717, 1.165) is 13.1 Å². The molecule has 9 heteroatoms. The van der Waals surface area contributed by atoms with E-state index >= 15 is 0 Å². The lowest BCUT2D eigenvalue weighted by molar-refractivity contribution is 0.312. The Kier molecular flexibility index (Phi) is 4.86. The lowest BCUT2D eigenvalue weighted by atomic mass is 10.3. The molecule has 2 heterocycles. The maximum absolute atomic E-state index is 12.2. The van der Waals surface area contributed by atoms with Crippen LogP contribution in [0.3, 0.4) is 0 Å². The van der Waals surface area contributed by atoms with Crippen LogP contribution in [0, 0.1) is 0 Å². The molecule has 1 unspecified atom stereocenters. The minimum atomic E-state index is -3.60. The normalized spacial score (nSPS) is 18.1. The van der Waals surface area contributed by atoms with Gasteiger partial charge in [-0.2, -0.15) is 0 Å². The van der Waals surface area contributed by atoms with Crippen LogP contribution >= 0.6 is 0 Å². The van der Waals surface area contributed by atoms with Crippen LogP contribution in [0.4, 0.5) is 5.95 Å². The molecule has 0 bridgehead atoms. The number of aromatic nitrogens is 2. The molecular weight excluding hydrogens is 280 g/mol.